The molecule has 5 nitrogen and oxygen atoms in total. The zero-order chi connectivity index (χ0) is 13.2. The van der Waals surface area contributed by atoms with E-state index in [4.69, 9.17) is 0 Å². The quantitative estimate of drug-likeness (QED) is 0.816. The van der Waals surface area contributed by atoms with Crippen LogP contribution in [0.15, 0.2) is 0 Å². The average molecular weight is 275 g/mol. The Morgan fingerprint density at radius 1 is 1.00 bits per heavy atom. The SMILES string of the molecule is CC(C)C1CCN(S(=O)(=O)N2CCNCC2)CC1. The lowest BCUT2D eigenvalue weighted by Gasteiger charge is -2.37. The first-order valence-electron chi connectivity index (χ1n) is 6.98. The molecule has 0 saturated carbocycles. The van der Waals surface area contributed by atoms with E-state index in [2.05, 4.69) is 19.2 Å². The maximum atomic E-state index is 12.4. The van der Waals surface area contributed by atoms with Crippen LogP contribution in [-0.4, -0.2) is 56.3 Å². The van der Waals surface area contributed by atoms with Crippen LogP contribution in [0, 0.1) is 11.8 Å². The second kappa shape index (κ2) is 5.86. The van der Waals surface area contributed by atoms with E-state index in [1.165, 1.54) is 0 Å². The summed E-state index contributed by atoms with van der Waals surface area (Å²) in [5.41, 5.74) is 0. The maximum absolute atomic E-state index is 12.4. The molecule has 0 amide bonds. The van der Waals surface area contributed by atoms with Gasteiger partial charge in [0.1, 0.15) is 0 Å². The third-order valence-electron chi connectivity index (χ3n) is 4.17. The van der Waals surface area contributed by atoms with Crippen molar-refractivity contribution in [2.45, 2.75) is 26.7 Å². The smallest absolute Gasteiger partial charge is 0.282 e. The Bertz CT molecular complexity index is 356. The van der Waals surface area contributed by atoms with Gasteiger partial charge in [0.15, 0.2) is 0 Å². The Labute approximate surface area is 111 Å². The van der Waals surface area contributed by atoms with Gasteiger partial charge in [0.05, 0.1) is 0 Å². The van der Waals surface area contributed by atoms with Gasteiger partial charge in [-0.15, -0.1) is 0 Å². The molecule has 0 radical (unpaired) electrons. The minimum absolute atomic E-state index is 0.604. The van der Waals surface area contributed by atoms with Gasteiger partial charge in [-0.3, -0.25) is 0 Å². The van der Waals surface area contributed by atoms with E-state index in [-0.39, 0.29) is 0 Å². The first kappa shape index (κ1) is 14.2. The molecule has 0 unspecified atom stereocenters. The summed E-state index contributed by atoms with van der Waals surface area (Å²) in [6.07, 6.45) is 2.01. The summed E-state index contributed by atoms with van der Waals surface area (Å²) in [5, 5.41) is 3.19. The third kappa shape index (κ3) is 3.04. The van der Waals surface area contributed by atoms with Gasteiger partial charge >= 0.3 is 0 Å². The number of piperazine rings is 1. The Balaban J connectivity index is 1.95. The third-order valence-corrected chi connectivity index (χ3v) is 6.21. The fourth-order valence-corrected chi connectivity index (χ4v) is 4.45. The number of hydrogen-bond donors (Lipinski definition) is 1. The van der Waals surface area contributed by atoms with Crippen molar-refractivity contribution in [2.75, 3.05) is 39.3 Å². The average Bonchev–Trinajstić information content (AvgIpc) is 2.40. The first-order valence-corrected chi connectivity index (χ1v) is 8.37. The van der Waals surface area contributed by atoms with E-state index in [1.807, 2.05) is 0 Å². The van der Waals surface area contributed by atoms with Gasteiger partial charge in [0.2, 0.25) is 0 Å². The Kier molecular flexibility index (Phi) is 4.64. The fraction of sp³-hybridized carbons (Fsp3) is 1.00. The van der Waals surface area contributed by atoms with E-state index in [1.54, 1.807) is 8.61 Å². The van der Waals surface area contributed by atoms with Crippen molar-refractivity contribution < 1.29 is 8.42 Å². The lowest BCUT2D eigenvalue weighted by atomic mass is 9.87. The lowest BCUT2D eigenvalue weighted by molar-refractivity contribution is 0.212. The molecule has 106 valence electrons. The largest absolute Gasteiger partial charge is 0.314 e. The summed E-state index contributed by atoms with van der Waals surface area (Å²) < 4.78 is 28.2. The molecule has 2 rings (SSSR count). The molecule has 0 aromatic heterocycles. The minimum atomic E-state index is -3.21. The van der Waals surface area contributed by atoms with Crippen LogP contribution in [0.5, 0.6) is 0 Å². The standard InChI is InChI=1S/C12H25N3O2S/c1-11(2)12-3-7-14(8-4-12)18(16,17)15-9-5-13-6-10-15/h11-13H,3-10H2,1-2H3. The Morgan fingerprint density at radius 2 is 1.50 bits per heavy atom. The monoisotopic (exact) mass is 275 g/mol. The van der Waals surface area contributed by atoms with E-state index >= 15 is 0 Å². The van der Waals surface area contributed by atoms with Gasteiger partial charge in [0, 0.05) is 39.3 Å². The van der Waals surface area contributed by atoms with Crippen LogP contribution in [-0.2, 0) is 10.2 Å². The van der Waals surface area contributed by atoms with Crippen molar-refractivity contribution in [1.82, 2.24) is 13.9 Å². The molecule has 2 aliphatic rings. The van der Waals surface area contributed by atoms with Crippen LogP contribution in [0.25, 0.3) is 0 Å². The molecule has 2 saturated heterocycles. The zero-order valence-corrected chi connectivity index (χ0v) is 12.2. The van der Waals surface area contributed by atoms with Gasteiger partial charge in [-0.1, -0.05) is 13.8 Å². The highest BCUT2D eigenvalue weighted by Crippen LogP contribution is 2.26. The van der Waals surface area contributed by atoms with Crippen LogP contribution in [0.2, 0.25) is 0 Å². The van der Waals surface area contributed by atoms with Gasteiger partial charge in [-0.2, -0.15) is 17.0 Å². The Morgan fingerprint density at radius 3 is 2.00 bits per heavy atom. The van der Waals surface area contributed by atoms with Crippen molar-refractivity contribution in [3.05, 3.63) is 0 Å². The summed E-state index contributed by atoms with van der Waals surface area (Å²) in [5.74, 6) is 1.34. The molecule has 6 heteroatoms. The fourth-order valence-electron chi connectivity index (χ4n) is 2.81. The van der Waals surface area contributed by atoms with Crippen molar-refractivity contribution in [3.63, 3.8) is 0 Å². The molecular weight excluding hydrogens is 250 g/mol. The second-order valence-corrected chi connectivity index (χ2v) is 7.57. The van der Waals surface area contributed by atoms with Crippen LogP contribution in [0.1, 0.15) is 26.7 Å². The van der Waals surface area contributed by atoms with Crippen LogP contribution in [0.4, 0.5) is 0 Å². The molecule has 1 N–H and O–H groups in total. The summed E-state index contributed by atoms with van der Waals surface area (Å²) in [6, 6.07) is 0. The first-order chi connectivity index (χ1) is 8.51. The van der Waals surface area contributed by atoms with Crippen LogP contribution < -0.4 is 5.32 Å². The van der Waals surface area contributed by atoms with E-state index in [0.717, 1.165) is 25.9 Å². The molecule has 2 aliphatic heterocycles. The number of nitrogens with one attached hydrogen (secondary N) is 1. The summed E-state index contributed by atoms with van der Waals surface area (Å²) in [7, 11) is -3.21. The van der Waals surface area contributed by atoms with Crippen LogP contribution in [0.3, 0.4) is 0 Å². The Hall–Kier alpha value is -0.170. The molecular formula is C12H25N3O2S. The highest BCUT2D eigenvalue weighted by Gasteiger charge is 2.33. The van der Waals surface area contributed by atoms with E-state index < -0.39 is 10.2 Å². The van der Waals surface area contributed by atoms with Crippen molar-refractivity contribution in [3.8, 4) is 0 Å². The summed E-state index contributed by atoms with van der Waals surface area (Å²) in [4.78, 5) is 0. The number of rotatable bonds is 3. The molecule has 0 atom stereocenters. The highest BCUT2D eigenvalue weighted by atomic mass is 32.2. The molecule has 0 spiro atoms. The highest BCUT2D eigenvalue weighted by molar-refractivity contribution is 7.86. The lowest BCUT2D eigenvalue weighted by Crippen LogP contribution is -2.53. The van der Waals surface area contributed by atoms with Gasteiger partial charge < -0.3 is 5.32 Å². The predicted octanol–water partition coefficient (Wildman–Crippen LogP) is 0.504. The molecule has 18 heavy (non-hydrogen) atoms. The minimum Gasteiger partial charge on any atom is -0.314 e. The molecule has 0 bridgehead atoms. The molecule has 0 aliphatic carbocycles. The zero-order valence-electron chi connectivity index (χ0n) is 11.4. The van der Waals surface area contributed by atoms with Gasteiger partial charge in [0.25, 0.3) is 10.2 Å². The molecule has 2 heterocycles. The topological polar surface area (TPSA) is 52.7 Å². The van der Waals surface area contributed by atoms with E-state index in [0.29, 0.717) is 38.0 Å². The number of nitrogens with zero attached hydrogens (tertiary/aromatic N) is 2. The summed E-state index contributed by atoms with van der Waals surface area (Å²) >= 11 is 0. The molecule has 0 aromatic rings. The number of hydrogen-bond acceptors (Lipinski definition) is 3. The van der Waals surface area contributed by atoms with Crippen molar-refractivity contribution in [2.24, 2.45) is 11.8 Å². The predicted molar refractivity (Wildman–Crippen MR) is 72.5 cm³/mol. The second-order valence-electron chi connectivity index (χ2n) is 5.64. The van der Waals surface area contributed by atoms with E-state index in [9.17, 15) is 8.42 Å². The summed E-state index contributed by atoms with van der Waals surface area (Å²) in [6.45, 7) is 8.57. The van der Waals surface area contributed by atoms with Gasteiger partial charge in [-0.05, 0) is 24.7 Å². The number of piperidine rings is 1. The van der Waals surface area contributed by atoms with Crippen molar-refractivity contribution in [1.29, 1.82) is 0 Å². The maximum Gasteiger partial charge on any atom is 0.282 e. The molecule has 0 aromatic carbocycles. The van der Waals surface area contributed by atoms with Crippen LogP contribution >= 0.6 is 0 Å². The normalized spacial score (nSPS) is 25.7. The van der Waals surface area contributed by atoms with Crippen molar-refractivity contribution >= 4 is 10.2 Å². The van der Waals surface area contributed by atoms with Gasteiger partial charge in [-0.25, -0.2) is 0 Å². The molecule has 2 fully saturated rings.